The molecule has 0 spiro atoms. The van der Waals surface area contributed by atoms with Crippen molar-refractivity contribution >= 4 is 29.9 Å². The van der Waals surface area contributed by atoms with Gasteiger partial charge < -0.3 is 29.8 Å². The summed E-state index contributed by atoms with van der Waals surface area (Å²) in [5.41, 5.74) is -0.249. The number of aryl methyl sites for hydroxylation is 2. The van der Waals surface area contributed by atoms with Crippen molar-refractivity contribution < 1.29 is 14.3 Å². The molecule has 0 bridgehead atoms. The van der Waals surface area contributed by atoms with Gasteiger partial charge in [0.25, 0.3) is 0 Å². The van der Waals surface area contributed by atoms with E-state index < -0.39 is 5.60 Å². The molecule has 0 radical (unpaired) electrons. The van der Waals surface area contributed by atoms with Gasteiger partial charge in [0.2, 0.25) is 0 Å². The molecule has 0 aromatic carbocycles. The van der Waals surface area contributed by atoms with Crippen LogP contribution in [0.1, 0.15) is 24.0 Å². The summed E-state index contributed by atoms with van der Waals surface area (Å²) in [4.78, 5) is 6.46. The second-order valence-electron chi connectivity index (χ2n) is 6.66. The lowest BCUT2D eigenvalue weighted by atomic mass is 9.96. The van der Waals surface area contributed by atoms with Crippen molar-refractivity contribution in [3.05, 3.63) is 23.2 Å². The normalized spacial score (nSPS) is 21.4. The van der Waals surface area contributed by atoms with E-state index in [2.05, 4.69) is 27.6 Å². The molecule has 8 heteroatoms. The minimum atomic E-state index is -1.04. The van der Waals surface area contributed by atoms with E-state index >= 15 is 0 Å². The van der Waals surface area contributed by atoms with Crippen molar-refractivity contribution in [1.82, 2.24) is 15.5 Å². The van der Waals surface area contributed by atoms with Crippen molar-refractivity contribution in [2.45, 2.75) is 32.5 Å². The number of nitrogens with one attached hydrogen (secondary N) is 2. The summed E-state index contributed by atoms with van der Waals surface area (Å²) in [5.74, 6) is 2.18. The van der Waals surface area contributed by atoms with Gasteiger partial charge in [-0.3, -0.25) is 4.99 Å². The number of likely N-dealkylation sites (N-methyl/N-ethyl adjacent to an activating group) is 1. The molecule has 3 N–H and O–H groups in total. The van der Waals surface area contributed by atoms with E-state index in [0.717, 1.165) is 36.8 Å². The number of guanidine groups is 1. The maximum atomic E-state index is 10.7. The molecule has 2 rings (SSSR count). The van der Waals surface area contributed by atoms with Crippen LogP contribution in [0.4, 0.5) is 0 Å². The number of nitrogens with zero attached hydrogens (tertiary/aromatic N) is 2. The van der Waals surface area contributed by atoms with Gasteiger partial charge in [-0.2, -0.15) is 0 Å². The predicted octanol–water partition coefficient (Wildman–Crippen LogP) is 1.22. The Kier molecular flexibility index (Phi) is 8.66. The average Bonchev–Trinajstić information content (AvgIpc) is 2.87. The van der Waals surface area contributed by atoms with E-state index in [1.54, 1.807) is 14.0 Å². The third-order valence-electron chi connectivity index (χ3n) is 4.28. The molecular weight excluding hydrogens is 435 g/mol. The van der Waals surface area contributed by atoms with Crippen LogP contribution in [0.5, 0.6) is 0 Å². The van der Waals surface area contributed by atoms with Crippen LogP contribution >= 0.6 is 24.0 Å². The standard InChI is InChI=1S/C17H30N4O3.HI/c1-12-8-15(13(2)24-12)17(3,22)11-20-16(18-4)19-9-14-10-21(5)6-7-23-14;/h8,14,22H,6-7,9-11H2,1-5H3,(H2,18,19,20);1H. The maximum absolute atomic E-state index is 10.7. The Morgan fingerprint density at radius 3 is 2.72 bits per heavy atom. The minimum absolute atomic E-state index is 0. The zero-order chi connectivity index (χ0) is 17.7. The zero-order valence-corrected chi connectivity index (χ0v) is 18.1. The topological polar surface area (TPSA) is 82.3 Å². The van der Waals surface area contributed by atoms with E-state index in [4.69, 9.17) is 9.15 Å². The Morgan fingerprint density at radius 1 is 1.44 bits per heavy atom. The molecule has 0 amide bonds. The third-order valence-corrected chi connectivity index (χ3v) is 4.28. The monoisotopic (exact) mass is 466 g/mol. The molecule has 2 heterocycles. The maximum Gasteiger partial charge on any atom is 0.191 e. The van der Waals surface area contributed by atoms with E-state index in [1.165, 1.54) is 0 Å². The molecular formula is C17H31IN4O3. The molecule has 2 atom stereocenters. The summed E-state index contributed by atoms with van der Waals surface area (Å²) in [6.07, 6.45) is 0.140. The van der Waals surface area contributed by atoms with Gasteiger partial charge in [-0.25, -0.2) is 0 Å². The Labute approximate surface area is 167 Å². The van der Waals surface area contributed by atoms with Crippen LogP contribution in [-0.4, -0.2) is 69.0 Å². The highest BCUT2D eigenvalue weighted by molar-refractivity contribution is 14.0. The van der Waals surface area contributed by atoms with Gasteiger partial charge in [0.05, 0.1) is 19.3 Å². The van der Waals surface area contributed by atoms with Crippen molar-refractivity contribution in [1.29, 1.82) is 0 Å². The van der Waals surface area contributed by atoms with Crippen molar-refractivity contribution in [2.24, 2.45) is 4.99 Å². The molecule has 7 nitrogen and oxygen atoms in total. The fraction of sp³-hybridized carbons (Fsp3) is 0.706. The molecule has 1 aromatic rings. The highest BCUT2D eigenvalue weighted by Gasteiger charge is 2.28. The lowest BCUT2D eigenvalue weighted by Crippen LogP contribution is -2.50. The average molecular weight is 466 g/mol. The number of morpholine rings is 1. The first-order valence-electron chi connectivity index (χ1n) is 8.36. The molecule has 1 aromatic heterocycles. The zero-order valence-electron chi connectivity index (χ0n) is 15.8. The second-order valence-corrected chi connectivity index (χ2v) is 6.66. The van der Waals surface area contributed by atoms with E-state index in [1.807, 2.05) is 19.9 Å². The van der Waals surface area contributed by atoms with Gasteiger partial charge in [0.1, 0.15) is 17.1 Å². The van der Waals surface area contributed by atoms with Crippen LogP contribution in [0, 0.1) is 13.8 Å². The summed E-state index contributed by atoms with van der Waals surface area (Å²) in [6.45, 7) is 9.13. The van der Waals surface area contributed by atoms with Crippen LogP contribution in [-0.2, 0) is 10.3 Å². The number of aliphatic imine (C=N–C) groups is 1. The predicted molar refractivity (Wildman–Crippen MR) is 110 cm³/mol. The number of rotatable bonds is 5. The molecule has 0 saturated carbocycles. The number of halogens is 1. The molecule has 2 unspecified atom stereocenters. The summed E-state index contributed by atoms with van der Waals surface area (Å²) >= 11 is 0. The first-order chi connectivity index (χ1) is 11.3. The minimum Gasteiger partial charge on any atom is -0.466 e. The first kappa shape index (κ1) is 22.2. The number of hydrogen-bond acceptors (Lipinski definition) is 5. The fourth-order valence-electron chi connectivity index (χ4n) is 2.94. The summed E-state index contributed by atoms with van der Waals surface area (Å²) in [6, 6.07) is 1.87. The quantitative estimate of drug-likeness (QED) is 0.344. The van der Waals surface area contributed by atoms with Gasteiger partial charge in [-0.05, 0) is 33.9 Å². The highest BCUT2D eigenvalue weighted by Crippen LogP contribution is 2.26. The Hall–Kier alpha value is -0.840. The summed E-state index contributed by atoms with van der Waals surface area (Å²) < 4.78 is 11.2. The Bertz CT molecular complexity index is 574. The lowest BCUT2D eigenvalue weighted by molar-refractivity contribution is -0.0161. The number of hydrogen-bond donors (Lipinski definition) is 3. The van der Waals surface area contributed by atoms with Crippen LogP contribution < -0.4 is 10.6 Å². The van der Waals surface area contributed by atoms with Gasteiger partial charge in [0, 0.05) is 32.2 Å². The largest absolute Gasteiger partial charge is 0.466 e. The molecule has 144 valence electrons. The lowest BCUT2D eigenvalue weighted by Gasteiger charge is -2.31. The van der Waals surface area contributed by atoms with Gasteiger partial charge in [-0.1, -0.05) is 0 Å². The molecule has 1 fully saturated rings. The van der Waals surface area contributed by atoms with Gasteiger partial charge in [0.15, 0.2) is 5.96 Å². The third kappa shape index (κ3) is 6.43. The number of furan rings is 1. The van der Waals surface area contributed by atoms with E-state index in [0.29, 0.717) is 19.0 Å². The number of aliphatic hydroxyl groups is 1. The molecule has 1 aliphatic rings. The van der Waals surface area contributed by atoms with Crippen molar-refractivity contribution in [3.8, 4) is 0 Å². The number of ether oxygens (including phenoxy) is 1. The highest BCUT2D eigenvalue weighted by atomic mass is 127. The van der Waals surface area contributed by atoms with Gasteiger partial charge >= 0.3 is 0 Å². The molecule has 0 aliphatic carbocycles. The van der Waals surface area contributed by atoms with Crippen LogP contribution in [0.15, 0.2) is 15.5 Å². The Morgan fingerprint density at radius 2 is 2.16 bits per heavy atom. The SMILES string of the molecule is CN=C(NCC1CN(C)CCO1)NCC(C)(O)c1cc(C)oc1C.I. The Balaban J connectivity index is 0.00000312. The van der Waals surface area contributed by atoms with Crippen LogP contribution in [0.3, 0.4) is 0 Å². The van der Waals surface area contributed by atoms with Crippen molar-refractivity contribution in [3.63, 3.8) is 0 Å². The van der Waals surface area contributed by atoms with Crippen LogP contribution in [0.25, 0.3) is 0 Å². The van der Waals surface area contributed by atoms with Crippen molar-refractivity contribution in [2.75, 3.05) is 46.9 Å². The first-order valence-corrected chi connectivity index (χ1v) is 8.36. The molecule has 25 heavy (non-hydrogen) atoms. The second kappa shape index (κ2) is 9.75. The molecule has 1 saturated heterocycles. The van der Waals surface area contributed by atoms with E-state index in [9.17, 15) is 5.11 Å². The summed E-state index contributed by atoms with van der Waals surface area (Å²) in [7, 11) is 3.81. The van der Waals surface area contributed by atoms with Crippen LogP contribution in [0.2, 0.25) is 0 Å². The summed E-state index contributed by atoms with van der Waals surface area (Å²) in [5, 5.41) is 17.2. The fourth-order valence-corrected chi connectivity index (χ4v) is 2.94. The smallest absolute Gasteiger partial charge is 0.191 e. The molecule has 1 aliphatic heterocycles. The van der Waals surface area contributed by atoms with E-state index in [-0.39, 0.29) is 30.1 Å². The van der Waals surface area contributed by atoms with Gasteiger partial charge in [-0.15, -0.1) is 24.0 Å².